The van der Waals surface area contributed by atoms with Gasteiger partial charge >= 0.3 is 0 Å². The van der Waals surface area contributed by atoms with Gasteiger partial charge in [0.1, 0.15) is 0 Å². The quantitative estimate of drug-likeness (QED) is 0.520. The number of fused-ring (bicyclic) bond motifs is 1. The van der Waals surface area contributed by atoms with E-state index in [4.69, 9.17) is 4.74 Å². The normalized spacial score (nSPS) is 40.1. The Morgan fingerprint density at radius 1 is 1.55 bits per heavy atom. The summed E-state index contributed by atoms with van der Waals surface area (Å²) in [4.78, 5) is 2.53. The van der Waals surface area contributed by atoms with Crippen molar-refractivity contribution in [3.63, 3.8) is 0 Å². The molecule has 2 atom stereocenters. The van der Waals surface area contributed by atoms with E-state index in [1.165, 1.54) is 6.54 Å². The third-order valence-corrected chi connectivity index (χ3v) is 2.56. The summed E-state index contributed by atoms with van der Waals surface area (Å²) in [6.07, 6.45) is 0. The standard InChI is InChI=1S/C8H16N2O/c1-7-5-10-2-3-11-6-8(10)4-9-7/h7-9H,2-6H2,1H3/t7?,8-/m0/s1. The molecule has 2 aliphatic rings. The largest absolute Gasteiger partial charge is 0.378 e. The van der Waals surface area contributed by atoms with Crippen LogP contribution in [0.3, 0.4) is 0 Å². The second-order valence-electron chi connectivity index (χ2n) is 3.53. The SMILES string of the molecule is CC1CN2CCOC[C@@H]2CN1. The molecule has 0 amide bonds. The van der Waals surface area contributed by atoms with E-state index < -0.39 is 0 Å². The summed E-state index contributed by atoms with van der Waals surface area (Å²) in [5.41, 5.74) is 0. The molecule has 2 saturated heterocycles. The van der Waals surface area contributed by atoms with Crippen molar-refractivity contribution in [3.05, 3.63) is 0 Å². The number of ether oxygens (including phenoxy) is 1. The lowest BCUT2D eigenvalue weighted by Gasteiger charge is -2.41. The van der Waals surface area contributed by atoms with E-state index in [1.807, 2.05) is 0 Å². The van der Waals surface area contributed by atoms with Crippen LogP contribution in [-0.2, 0) is 4.74 Å². The fourth-order valence-electron chi connectivity index (χ4n) is 1.87. The Balaban J connectivity index is 1.93. The lowest BCUT2D eigenvalue weighted by Crippen LogP contribution is -2.59. The summed E-state index contributed by atoms with van der Waals surface area (Å²) in [5, 5.41) is 3.46. The van der Waals surface area contributed by atoms with E-state index in [0.717, 1.165) is 26.3 Å². The van der Waals surface area contributed by atoms with Gasteiger partial charge in [-0.25, -0.2) is 0 Å². The minimum atomic E-state index is 0.639. The molecule has 2 aliphatic heterocycles. The molecule has 64 valence electrons. The average molecular weight is 156 g/mol. The molecular weight excluding hydrogens is 140 g/mol. The van der Waals surface area contributed by atoms with Gasteiger partial charge in [-0.2, -0.15) is 0 Å². The number of morpholine rings is 1. The topological polar surface area (TPSA) is 24.5 Å². The van der Waals surface area contributed by atoms with Gasteiger partial charge in [-0.05, 0) is 6.92 Å². The van der Waals surface area contributed by atoms with Crippen molar-refractivity contribution in [2.24, 2.45) is 0 Å². The number of rotatable bonds is 0. The predicted molar refractivity (Wildman–Crippen MR) is 43.6 cm³/mol. The molecule has 0 aromatic carbocycles. The number of piperazine rings is 1. The van der Waals surface area contributed by atoms with Gasteiger partial charge in [-0.15, -0.1) is 0 Å². The first-order valence-electron chi connectivity index (χ1n) is 4.41. The summed E-state index contributed by atoms with van der Waals surface area (Å²) in [6, 6.07) is 1.30. The summed E-state index contributed by atoms with van der Waals surface area (Å²) in [5.74, 6) is 0. The van der Waals surface area contributed by atoms with E-state index in [-0.39, 0.29) is 0 Å². The van der Waals surface area contributed by atoms with Crippen LogP contribution >= 0.6 is 0 Å². The van der Waals surface area contributed by atoms with E-state index >= 15 is 0 Å². The molecule has 0 spiro atoms. The number of nitrogens with one attached hydrogen (secondary N) is 1. The molecule has 0 saturated carbocycles. The monoisotopic (exact) mass is 156 g/mol. The molecule has 2 fully saturated rings. The Morgan fingerprint density at radius 3 is 3.36 bits per heavy atom. The average Bonchev–Trinajstić information content (AvgIpc) is 2.04. The molecule has 0 bridgehead atoms. The maximum absolute atomic E-state index is 5.39. The highest BCUT2D eigenvalue weighted by atomic mass is 16.5. The lowest BCUT2D eigenvalue weighted by molar-refractivity contribution is -0.0244. The minimum absolute atomic E-state index is 0.639. The first kappa shape index (κ1) is 7.53. The van der Waals surface area contributed by atoms with Gasteiger partial charge in [0, 0.05) is 31.7 Å². The third kappa shape index (κ3) is 1.55. The van der Waals surface area contributed by atoms with E-state index in [1.54, 1.807) is 0 Å². The lowest BCUT2D eigenvalue weighted by atomic mass is 10.1. The third-order valence-electron chi connectivity index (χ3n) is 2.56. The van der Waals surface area contributed by atoms with E-state index in [2.05, 4.69) is 17.1 Å². The Bertz CT molecular complexity index is 140. The molecule has 2 rings (SSSR count). The van der Waals surface area contributed by atoms with Crippen molar-refractivity contribution in [1.29, 1.82) is 0 Å². The fraction of sp³-hybridized carbons (Fsp3) is 1.00. The van der Waals surface area contributed by atoms with Crippen LogP contribution in [0.15, 0.2) is 0 Å². The molecule has 1 unspecified atom stereocenters. The number of nitrogens with zero attached hydrogens (tertiary/aromatic N) is 1. The van der Waals surface area contributed by atoms with Crippen molar-refractivity contribution in [3.8, 4) is 0 Å². The van der Waals surface area contributed by atoms with Crippen molar-refractivity contribution in [1.82, 2.24) is 10.2 Å². The van der Waals surface area contributed by atoms with Crippen LogP contribution in [-0.4, -0.2) is 49.8 Å². The molecule has 0 aromatic heterocycles. The zero-order valence-electron chi connectivity index (χ0n) is 7.05. The predicted octanol–water partition coefficient (Wildman–Crippen LogP) is -0.321. The first-order valence-corrected chi connectivity index (χ1v) is 4.41. The van der Waals surface area contributed by atoms with Crippen molar-refractivity contribution in [2.45, 2.75) is 19.0 Å². The van der Waals surface area contributed by atoms with Crippen LogP contribution in [0, 0.1) is 0 Å². The molecule has 0 radical (unpaired) electrons. The second kappa shape index (κ2) is 3.09. The Labute approximate surface area is 67.7 Å². The van der Waals surface area contributed by atoms with Crippen LogP contribution in [0.25, 0.3) is 0 Å². The highest BCUT2D eigenvalue weighted by molar-refractivity contribution is 4.85. The maximum atomic E-state index is 5.39. The highest BCUT2D eigenvalue weighted by Gasteiger charge is 2.27. The molecule has 2 heterocycles. The molecule has 1 N–H and O–H groups in total. The van der Waals surface area contributed by atoms with Crippen LogP contribution in [0.1, 0.15) is 6.92 Å². The van der Waals surface area contributed by atoms with Gasteiger partial charge in [0.2, 0.25) is 0 Å². The molecule has 11 heavy (non-hydrogen) atoms. The van der Waals surface area contributed by atoms with Crippen LogP contribution < -0.4 is 5.32 Å². The van der Waals surface area contributed by atoms with Gasteiger partial charge < -0.3 is 10.1 Å². The smallest absolute Gasteiger partial charge is 0.0634 e. The molecule has 0 aromatic rings. The zero-order valence-corrected chi connectivity index (χ0v) is 7.05. The molecule has 3 nitrogen and oxygen atoms in total. The van der Waals surface area contributed by atoms with E-state index in [9.17, 15) is 0 Å². The first-order chi connectivity index (χ1) is 5.36. The van der Waals surface area contributed by atoms with Crippen LogP contribution in [0.2, 0.25) is 0 Å². The van der Waals surface area contributed by atoms with Gasteiger partial charge in [0.05, 0.1) is 13.2 Å². The van der Waals surface area contributed by atoms with E-state index in [0.29, 0.717) is 12.1 Å². The summed E-state index contributed by atoms with van der Waals surface area (Å²) in [6.45, 7) is 7.49. The van der Waals surface area contributed by atoms with Crippen molar-refractivity contribution >= 4 is 0 Å². The Morgan fingerprint density at radius 2 is 2.45 bits per heavy atom. The molecule has 0 aliphatic carbocycles. The summed E-state index contributed by atoms with van der Waals surface area (Å²) < 4.78 is 5.39. The molecular formula is C8H16N2O. The van der Waals surface area contributed by atoms with Gasteiger partial charge in [-0.3, -0.25) is 4.90 Å². The molecule has 3 heteroatoms. The van der Waals surface area contributed by atoms with Gasteiger partial charge in [0.25, 0.3) is 0 Å². The zero-order chi connectivity index (χ0) is 7.68. The number of hydrogen-bond donors (Lipinski definition) is 1. The second-order valence-corrected chi connectivity index (χ2v) is 3.53. The minimum Gasteiger partial charge on any atom is -0.378 e. The Kier molecular flexibility index (Phi) is 2.11. The highest BCUT2D eigenvalue weighted by Crippen LogP contribution is 2.10. The summed E-state index contributed by atoms with van der Waals surface area (Å²) in [7, 11) is 0. The van der Waals surface area contributed by atoms with Crippen LogP contribution in [0.5, 0.6) is 0 Å². The number of hydrogen-bond acceptors (Lipinski definition) is 3. The van der Waals surface area contributed by atoms with Crippen molar-refractivity contribution < 1.29 is 4.74 Å². The van der Waals surface area contributed by atoms with Crippen LogP contribution in [0.4, 0.5) is 0 Å². The van der Waals surface area contributed by atoms with Crippen molar-refractivity contribution in [2.75, 3.05) is 32.8 Å². The van der Waals surface area contributed by atoms with Gasteiger partial charge in [0.15, 0.2) is 0 Å². The fourth-order valence-corrected chi connectivity index (χ4v) is 1.87. The maximum Gasteiger partial charge on any atom is 0.0634 e. The summed E-state index contributed by atoms with van der Waals surface area (Å²) >= 11 is 0. The van der Waals surface area contributed by atoms with Gasteiger partial charge in [-0.1, -0.05) is 0 Å². The Hall–Kier alpha value is -0.120.